The number of hydrogen-bond acceptors (Lipinski definition) is 2. The Labute approximate surface area is 165 Å². The minimum Gasteiger partial charge on any atom is -0.339 e. The number of benzene rings is 2. The van der Waals surface area contributed by atoms with Crippen molar-refractivity contribution < 1.29 is 9.59 Å². The molecule has 0 saturated heterocycles. The summed E-state index contributed by atoms with van der Waals surface area (Å²) >= 11 is 6.29. The summed E-state index contributed by atoms with van der Waals surface area (Å²) in [5, 5.41) is 3.22. The summed E-state index contributed by atoms with van der Waals surface area (Å²) in [6.45, 7) is 5.13. The second-order valence-electron chi connectivity index (χ2n) is 6.85. The Morgan fingerprint density at radius 2 is 1.78 bits per heavy atom. The zero-order valence-electron chi connectivity index (χ0n) is 15.8. The monoisotopic (exact) mass is 384 g/mol. The fourth-order valence-electron chi connectivity index (χ4n) is 3.57. The van der Waals surface area contributed by atoms with Crippen LogP contribution in [0.1, 0.15) is 47.3 Å². The van der Waals surface area contributed by atoms with Crippen LogP contribution in [-0.2, 0) is 24.1 Å². The first-order chi connectivity index (χ1) is 13.0. The van der Waals surface area contributed by atoms with Gasteiger partial charge in [0.25, 0.3) is 5.91 Å². The van der Waals surface area contributed by atoms with Crippen LogP contribution in [0.25, 0.3) is 0 Å². The van der Waals surface area contributed by atoms with Gasteiger partial charge in [0, 0.05) is 18.8 Å². The molecular weight excluding hydrogens is 360 g/mol. The maximum atomic E-state index is 12.4. The van der Waals surface area contributed by atoms with Gasteiger partial charge in [-0.05, 0) is 68.0 Å². The van der Waals surface area contributed by atoms with Crippen molar-refractivity contribution in [3.63, 3.8) is 0 Å². The highest BCUT2D eigenvalue weighted by Gasteiger charge is 2.17. The molecule has 2 aromatic carbocycles. The molecule has 0 fully saturated rings. The topological polar surface area (TPSA) is 49.4 Å². The predicted octanol–water partition coefficient (Wildman–Crippen LogP) is 4.49. The van der Waals surface area contributed by atoms with Crippen molar-refractivity contribution in [2.45, 2.75) is 39.5 Å². The number of nitrogens with one attached hydrogen (secondary N) is 1. The van der Waals surface area contributed by atoms with Gasteiger partial charge in [0.15, 0.2) is 0 Å². The maximum absolute atomic E-state index is 12.4. The molecule has 1 N–H and O–H groups in total. The zero-order valence-corrected chi connectivity index (χ0v) is 16.6. The molecule has 2 amide bonds. The molecule has 0 bridgehead atoms. The van der Waals surface area contributed by atoms with E-state index >= 15 is 0 Å². The zero-order chi connectivity index (χ0) is 19.4. The second-order valence-corrected chi connectivity index (χ2v) is 7.26. The van der Waals surface area contributed by atoms with Gasteiger partial charge in [-0.2, -0.15) is 0 Å². The molecule has 0 spiro atoms. The van der Waals surface area contributed by atoms with Gasteiger partial charge < -0.3 is 10.2 Å². The number of hydrogen-bond donors (Lipinski definition) is 1. The molecule has 0 radical (unpaired) electrons. The largest absolute Gasteiger partial charge is 0.339 e. The summed E-state index contributed by atoms with van der Waals surface area (Å²) in [5.41, 5.74) is 4.84. The molecule has 5 heteroatoms. The van der Waals surface area contributed by atoms with Gasteiger partial charge in [0.05, 0.1) is 17.0 Å². The Balaban J connectivity index is 1.66. The normalized spacial score (nSPS) is 12.6. The number of amides is 2. The van der Waals surface area contributed by atoms with E-state index in [0.717, 1.165) is 18.4 Å². The molecule has 1 aliphatic rings. The van der Waals surface area contributed by atoms with E-state index in [1.807, 2.05) is 19.9 Å². The molecule has 0 aliphatic heterocycles. The number of nitrogens with zero attached hydrogens (tertiary/aromatic N) is 1. The van der Waals surface area contributed by atoms with Crippen LogP contribution < -0.4 is 5.32 Å². The Kier molecular flexibility index (Phi) is 6.17. The number of aryl methyl sites for hydroxylation is 2. The first-order valence-corrected chi connectivity index (χ1v) is 9.89. The lowest BCUT2D eigenvalue weighted by atomic mass is 10.0. The van der Waals surface area contributed by atoms with Crippen LogP contribution >= 0.6 is 11.6 Å². The van der Waals surface area contributed by atoms with Crippen LogP contribution in [0.5, 0.6) is 0 Å². The molecule has 3 rings (SSSR count). The third-order valence-corrected chi connectivity index (χ3v) is 5.37. The Morgan fingerprint density at radius 3 is 2.48 bits per heavy atom. The molecule has 0 saturated carbocycles. The van der Waals surface area contributed by atoms with Gasteiger partial charge in [-0.3, -0.25) is 9.59 Å². The molecule has 142 valence electrons. The van der Waals surface area contributed by atoms with Crippen molar-refractivity contribution in [1.82, 2.24) is 4.90 Å². The standard InChI is InChI=1S/C22H25ClN2O2/c1-3-25(4-2)22(27)19-11-10-18(14-20(19)23)24-21(26)13-15-8-9-16-6-5-7-17(16)12-15/h8-12,14H,3-7,13H2,1-2H3,(H,24,26). The third kappa shape index (κ3) is 4.51. The van der Waals surface area contributed by atoms with Gasteiger partial charge in [-0.25, -0.2) is 0 Å². The average Bonchev–Trinajstić information content (AvgIpc) is 3.10. The van der Waals surface area contributed by atoms with E-state index in [9.17, 15) is 9.59 Å². The molecule has 0 heterocycles. The van der Waals surface area contributed by atoms with Crippen molar-refractivity contribution in [2.24, 2.45) is 0 Å². The Bertz CT molecular complexity index is 859. The highest BCUT2D eigenvalue weighted by molar-refractivity contribution is 6.34. The lowest BCUT2D eigenvalue weighted by Gasteiger charge is -2.19. The lowest BCUT2D eigenvalue weighted by molar-refractivity contribution is -0.115. The van der Waals surface area contributed by atoms with Crippen LogP contribution in [0.4, 0.5) is 5.69 Å². The fourth-order valence-corrected chi connectivity index (χ4v) is 3.83. The molecule has 0 aromatic heterocycles. The molecule has 0 atom stereocenters. The van der Waals surface area contributed by atoms with Gasteiger partial charge >= 0.3 is 0 Å². The SMILES string of the molecule is CCN(CC)C(=O)c1ccc(NC(=O)Cc2ccc3c(c2)CCC3)cc1Cl. The van der Waals surface area contributed by atoms with Crippen molar-refractivity contribution in [3.8, 4) is 0 Å². The van der Waals surface area contributed by atoms with E-state index < -0.39 is 0 Å². The predicted molar refractivity (Wildman–Crippen MR) is 110 cm³/mol. The van der Waals surface area contributed by atoms with Crippen molar-refractivity contribution in [2.75, 3.05) is 18.4 Å². The highest BCUT2D eigenvalue weighted by Crippen LogP contribution is 2.24. The second kappa shape index (κ2) is 8.57. The fraction of sp³-hybridized carbons (Fsp3) is 0.364. The number of rotatable bonds is 6. The summed E-state index contributed by atoms with van der Waals surface area (Å²) in [6.07, 6.45) is 3.76. The van der Waals surface area contributed by atoms with E-state index in [1.54, 1.807) is 23.1 Å². The Hall–Kier alpha value is -2.33. The quantitative estimate of drug-likeness (QED) is 0.797. The number of carbonyl (C=O) groups is 2. The van der Waals surface area contributed by atoms with Crippen LogP contribution in [0.3, 0.4) is 0 Å². The van der Waals surface area contributed by atoms with Crippen molar-refractivity contribution in [1.29, 1.82) is 0 Å². The summed E-state index contributed by atoms with van der Waals surface area (Å²) in [7, 11) is 0. The molecule has 4 nitrogen and oxygen atoms in total. The van der Waals surface area contributed by atoms with Crippen molar-refractivity contribution in [3.05, 3.63) is 63.7 Å². The Morgan fingerprint density at radius 1 is 1.04 bits per heavy atom. The highest BCUT2D eigenvalue weighted by atomic mass is 35.5. The minimum absolute atomic E-state index is 0.0909. The first-order valence-electron chi connectivity index (χ1n) is 9.51. The first kappa shape index (κ1) is 19.4. The van der Waals surface area contributed by atoms with Crippen LogP contribution in [-0.4, -0.2) is 29.8 Å². The number of carbonyl (C=O) groups excluding carboxylic acids is 2. The summed E-state index contributed by atoms with van der Waals surface area (Å²) in [6, 6.07) is 11.3. The smallest absolute Gasteiger partial charge is 0.255 e. The molecule has 0 unspecified atom stereocenters. The number of fused-ring (bicyclic) bond motifs is 1. The lowest BCUT2D eigenvalue weighted by Crippen LogP contribution is -2.30. The van der Waals surface area contributed by atoms with Gasteiger partial charge in [0.2, 0.25) is 5.91 Å². The number of halogens is 1. The van der Waals surface area contributed by atoms with E-state index in [4.69, 9.17) is 11.6 Å². The van der Waals surface area contributed by atoms with Gasteiger partial charge in [0.1, 0.15) is 0 Å². The van der Waals surface area contributed by atoms with E-state index in [1.165, 1.54) is 17.5 Å². The molecular formula is C22H25ClN2O2. The van der Waals surface area contributed by atoms with Crippen LogP contribution in [0, 0.1) is 0 Å². The summed E-state index contributed by atoms with van der Waals surface area (Å²) in [5.74, 6) is -0.187. The van der Waals surface area contributed by atoms with Crippen LogP contribution in [0.2, 0.25) is 5.02 Å². The van der Waals surface area contributed by atoms with E-state index in [-0.39, 0.29) is 11.8 Å². The summed E-state index contributed by atoms with van der Waals surface area (Å²) < 4.78 is 0. The minimum atomic E-state index is -0.0963. The summed E-state index contributed by atoms with van der Waals surface area (Å²) in [4.78, 5) is 26.5. The average molecular weight is 385 g/mol. The molecule has 2 aromatic rings. The van der Waals surface area contributed by atoms with E-state index in [0.29, 0.717) is 35.8 Å². The van der Waals surface area contributed by atoms with Crippen LogP contribution in [0.15, 0.2) is 36.4 Å². The maximum Gasteiger partial charge on any atom is 0.255 e. The third-order valence-electron chi connectivity index (χ3n) is 5.06. The van der Waals surface area contributed by atoms with Crippen molar-refractivity contribution >= 4 is 29.1 Å². The number of anilines is 1. The van der Waals surface area contributed by atoms with E-state index in [2.05, 4.69) is 17.4 Å². The molecule has 1 aliphatic carbocycles. The molecule has 27 heavy (non-hydrogen) atoms. The van der Waals surface area contributed by atoms with Gasteiger partial charge in [-0.1, -0.05) is 29.8 Å². The van der Waals surface area contributed by atoms with Gasteiger partial charge in [-0.15, -0.1) is 0 Å².